The molecule has 1 atom stereocenters. The number of nitrogens with zero attached hydrogens (tertiary/aromatic N) is 2. The number of hydrogen-bond donors (Lipinski definition) is 1. The first kappa shape index (κ1) is 23.1. The number of nitrogens with one attached hydrogen (secondary N) is 1. The number of aryl methyl sites for hydroxylation is 2. The van der Waals surface area contributed by atoms with Gasteiger partial charge in [0.25, 0.3) is 0 Å². The Morgan fingerprint density at radius 2 is 1.97 bits per heavy atom. The van der Waals surface area contributed by atoms with Gasteiger partial charge in [0.15, 0.2) is 0 Å². The van der Waals surface area contributed by atoms with Gasteiger partial charge in [-0.25, -0.2) is 0 Å². The Bertz CT molecular complexity index is 1100. The summed E-state index contributed by atoms with van der Waals surface area (Å²) in [6, 6.07) is 13.5. The van der Waals surface area contributed by atoms with Gasteiger partial charge in [0.05, 0.1) is 19.3 Å². The zero-order valence-electron chi connectivity index (χ0n) is 19.4. The Morgan fingerprint density at radius 3 is 2.66 bits per heavy atom. The Hall–Kier alpha value is -3.54. The van der Waals surface area contributed by atoms with Crippen molar-refractivity contribution >= 4 is 12.0 Å². The summed E-state index contributed by atoms with van der Waals surface area (Å²) in [7, 11) is 1.64. The summed E-state index contributed by atoms with van der Waals surface area (Å²) in [5.41, 5.74) is 4.97. The number of hydrogen-bond acceptors (Lipinski definition) is 4. The van der Waals surface area contributed by atoms with Crippen LogP contribution in [0.15, 0.2) is 54.7 Å². The molecule has 0 spiro atoms. The molecule has 32 heavy (non-hydrogen) atoms. The van der Waals surface area contributed by atoms with Crippen molar-refractivity contribution in [1.82, 2.24) is 15.1 Å². The first-order chi connectivity index (χ1) is 15.4. The molecule has 3 aromatic rings. The van der Waals surface area contributed by atoms with E-state index in [1.54, 1.807) is 19.3 Å². The van der Waals surface area contributed by atoms with Crippen LogP contribution in [0.3, 0.4) is 0 Å². The van der Waals surface area contributed by atoms with Gasteiger partial charge in [-0.15, -0.1) is 0 Å². The number of carbonyl (C=O) groups excluding carboxylic acids is 1. The molecule has 0 aliphatic rings. The molecule has 0 radical (unpaired) electrons. The summed E-state index contributed by atoms with van der Waals surface area (Å²) in [6.45, 7) is 9.22. The lowest BCUT2D eigenvalue weighted by atomic mass is 10.1. The Labute approximate surface area is 189 Å². The van der Waals surface area contributed by atoms with Crippen molar-refractivity contribution in [2.75, 3.05) is 7.11 Å². The lowest BCUT2D eigenvalue weighted by Crippen LogP contribution is -2.25. The number of para-hydroxylation sites is 1. The summed E-state index contributed by atoms with van der Waals surface area (Å²) in [5.74, 6) is 1.43. The van der Waals surface area contributed by atoms with E-state index in [0.717, 1.165) is 46.0 Å². The molecule has 2 aromatic carbocycles. The highest BCUT2D eigenvalue weighted by molar-refractivity contribution is 5.92. The minimum absolute atomic E-state index is 0.124. The summed E-state index contributed by atoms with van der Waals surface area (Å²) < 4.78 is 13.4. The number of aromatic nitrogens is 2. The van der Waals surface area contributed by atoms with Crippen LogP contribution >= 0.6 is 0 Å². The van der Waals surface area contributed by atoms with E-state index in [2.05, 4.69) is 10.4 Å². The molecule has 0 aliphatic heterocycles. The summed E-state index contributed by atoms with van der Waals surface area (Å²) in [6.07, 6.45) is 5.16. The van der Waals surface area contributed by atoms with Crippen LogP contribution in [0.5, 0.6) is 11.5 Å². The van der Waals surface area contributed by atoms with Crippen molar-refractivity contribution in [2.45, 2.75) is 46.9 Å². The fourth-order valence-corrected chi connectivity index (χ4v) is 3.60. The van der Waals surface area contributed by atoms with E-state index in [0.29, 0.717) is 6.61 Å². The topological polar surface area (TPSA) is 65.4 Å². The molecular formula is C26H31N3O3. The quantitative estimate of drug-likeness (QED) is 0.483. The number of benzene rings is 2. The van der Waals surface area contributed by atoms with Crippen molar-refractivity contribution in [2.24, 2.45) is 0 Å². The molecule has 0 aliphatic carbocycles. The Morgan fingerprint density at radius 1 is 1.19 bits per heavy atom. The van der Waals surface area contributed by atoms with E-state index in [9.17, 15) is 4.79 Å². The molecule has 6 nitrogen and oxygen atoms in total. The molecule has 1 N–H and O–H groups in total. The molecule has 1 unspecified atom stereocenters. The van der Waals surface area contributed by atoms with E-state index in [1.165, 1.54) is 0 Å². The second-order valence-electron chi connectivity index (χ2n) is 7.69. The van der Waals surface area contributed by atoms with Crippen LogP contribution in [0.25, 0.3) is 6.08 Å². The average molecular weight is 434 g/mol. The van der Waals surface area contributed by atoms with Crippen LogP contribution < -0.4 is 14.8 Å². The fraction of sp³-hybridized carbons (Fsp3) is 0.308. The number of methoxy groups -OCH3 is 1. The molecular weight excluding hydrogens is 402 g/mol. The highest BCUT2D eigenvalue weighted by Crippen LogP contribution is 2.24. The van der Waals surface area contributed by atoms with E-state index in [1.807, 2.05) is 81.0 Å². The predicted octanol–water partition coefficient (Wildman–Crippen LogP) is 5.00. The summed E-state index contributed by atoms with van der Waals surface area (Å²) in [5, 5.41) is 7.36. The second kappa shape index (κ2) is 10.7. The smallest absolute Gasteiger partial charge is 0.244 e. The highest BCUT2D eigenvalue weighted by Gasteiger charge is 2.14. The van der Waals surface area contributed by atoms with Crippen molar-refractivity contribution in [3.05, 3.63) is 82.7 Å². The van der Waals surface area contributed by atoms with Crippen molar-refractivity contribution in [3.63, 3.8) is 0 Å². The van der Waals surface area contributed by atoms with Gasteiger partial charge in [-0.3, -0.25) is 9.48 Å². The lowest BCUT2D eigenvalue weighted by molar-refractivity contribution is -0.117. The van der Waals surface area contributed by atoms with Crippen LogP contribution in [0.1, 0.15) is 47.8 Å². The van der Waals surface area contributed by atoms with Crippen LogP contribution in [0.4, 0.5) is 0 Å². The number of carbonyl (C=O) groups is 1. The molecule has 1 heterocycles. The minimum Gasteiger partial charge on any atom is -0.496 e. The maximum atomic E-state index is 12.5. The molecule has 168 valence electrons. The first-order valence-corrected chi connectivity index (χ1v) is 10.8. The Balaban J connectivity index is 1.66. The van der Waals surface area contributed by atoms with Crippen molar-refractivity contribution < 1.29 is 14.3 Å². The normalized spacial score (nSPS) is 12.0. The van der Waals surface area contributed by atoms with Crippen molar-refractivity contribution in [3.8, 4) is 11.5 Å². The van der Waals surface area contributed by atoms with E-state index < -0.39 is 0 Å². The monoisotopic (exact) mass is 433 g/mol. The third-order valence-corrected chi connectivity index (χ3v) is 5.47. The lowest BCUT2D eigenvalue weighted by Gasteiger charge is -2.13. The van der Waals surface area contributed by atoms with Gasteiger partial charge in [-0.05, 0) is 63.1 Å². The van der Waals surface area contributed by atoms with Crippen LogP contribution in [0, 0.1) is 13.8 Å². The Kier molecular flexibility index (Phi) is 7.71. The summed E-state index contributed by atoms with van der Waals surface area (Å²) in [4.78, 5) is 12.5. The van der Waals surface area contributed by atoms with Crippen LogP contribution in [-0.4, -0.2) is 22.8 Å². The van der Waals surface area contributed by atoms with Gasteiger partial charge in [-0.1, -0.05) is 24.3 Å². The largest absolute Gasteiger partial charge is 0.496 e. The van der Waals surface area contributed by atoms with Gasteiger partial charge >= 0.3 is 0 Å². The average Bonchev–Trinajstić information content (AvgIpc) is 3.17. The molecule has 0 saturated heterocycles. The van der Waals surface area contributed by atoms with E-state index in [-0.39, 0.29) is 11.9 Å². The highest BCUT2D eigenvalue weighted by atomic mass is 16.5. The van der Waals surface area contributed by atoms with Crippen LogP contribution in [0.2, 0.25) is 0 Å². The van der Waals surface area contributed by atoms with E-state index in [4.69, 9.17) is 9.47 Å². The van der Waals surface area contributed by atoms with Crippen molar-refractivity contribution in [1.29, 1.82) is 0 Å². The fourth-order valence-electron chi connectivity index (χ4n) is 3.60. The third kappa shape index (κ3) is 5.58. The second-order valence-corrected chi connectivity index (χ2v) is 7.69. The zero-order chi connectivity index (χ0) is 23.1. The standard InChI is InChI=1S/C26H31N3O3/c1-6-29-20(4)23(16-27-29)19(3)28-26(30)14-12-21-11-13-25(31-5)22(15-21)17-32-24-10-8-7-9-18(24)2/h7-16,19H,6,17H2,1-5H3,(H,28,30)/b14-12+. The first-order valence-electron chi connectivity index (χ1n) is 10.8. The van der Waals surface area contributed by atoms with Gasteiger partial charge in [0.2, 0.25) is 5.91 Å². The molecule has 0 saturated carbocycles. The molecule has 0 fully saturated rings. The van der Waals surface area contributed by atoms with Crippen LogP contribution in [-0.2, 0) is 17.9 Å². The zero-order valence-corrected chi connectivity index (χ0v) is 19.4. The predicted molar refractivity (Wildman–Crippen MR) is 127 cm³/mol. The number of amides is 1. The maximum Gasteiger partial charge on any atom is 0.244 e. The SMILES string of the molecule is CCn1ncc(C(C)NC(=O)/C=C/c2ccc(OC)c(COc3ccccc3C)c2)c1C. The minimum atomic E-state index is -0.158. The van der Waals surface area contributed by atoms with Gasteiger partial charge < -0.3 is 14.8 Å². The number of ether oxygens (including phenoxy) is 2. The van der Waals surface area contributed by atoms with Gasteiger partial charge in [0.1, 0.15) is 18.1 Å². The molecule has 1 aromatic heterocycles. The van der Waals surface area contributed by atoms with Gasteiger partial charge in [0, 0.05) is 29.4 Å². The number of rotatable bonds is 9. The maximum absolute atomic E-state index is 12.5. The molecule has 0 bridgehead atoms. The molecule has 3 rings (SSSR count). The molecule has 1 amide bonds. The van der Waals surface area contributed by atoms with Gasteiger partial charge in [-0.2, -0.15) is 5.10 Å². The summed E-state index contributed by atoms with van der Waals surface area (Å²) >= 11 is 0. The molecule has 6 heteroatoms. The van der Waals surface area contributed by atoms with E-state index >= 15 is 0 Å². The third-order valence-electron chi connectivity index (χ3n) is 5.47.